The predicted octanol–water partition coefficient (Wildman–Crippen LogP) is 2.09. The largest absolute Gasteiger partial charge is 0.361 e. The molecule has 0 spiro atoms. The van der Waals surface area contributed by atoms with Crippen LogP contribution in [0.2, 0.25) is 0 Å². The minimum atomic E-state index is -0.247. The lowest BCUT2D eigenvalue weighted by atomic mass is 9.96. The van der Waals surface area contributed by atoms with Crippen LogP contribution in [0.4, 0.5) is 0 Å². The van der Waals surface area contributed by atoms with Gasteiger partial charge in [0.1, 0.15) is 5.76 Å². The maximum Gasteiger partial charge on any atom is 0.242 e. The van der Waals surface area contributed by atoms with Gasteiger partial charge in [-0.05, 0) is 48.5 Å². The zero-order valence-corrected chi connectivity index (χ0v) is 16.5. The van der Waals surface area contributed by atoms with Gasteiger partial charge in [-0.3, -0.25) is 4.79 Å². The normalized spacial score (nSPS) is 18.2. The summed E-state index contributed by atoms with van der Waals surface area (Å²) in [7, 11) is 0. The molecule has 0 aliphatic carbocycles. The monoisotopic (exact) mass is 349 g/mol. The van der Waals surface area contributed by atoms with Gasteiger partial charge in [0.15, 0.2) is 5.96 Å². The molecule has 7 heteroatoms. The van der Waals surface area contributed by atoms with Gasteiger partial charge in [0.25, 0.3) is 0 Å². The molecule has 1 aliphatic rings. The number of nitrogens with one attached hydrogen (secondary N) is 1. The summed E-state index contributed by atoms with van der Waals surface area (Å²) in [5.41, 5.74) is 1.61. The van der Waals surface area contributed by atoms with Crippen LogP contribution in [0.1, 0.15) is 51.6 Å². The maximum atomic E-state index is 12.7. The molecule has 0 unspecified atom stereocenters. The molecule has 2 rings (SSSR count). The van der Waals surface area contributed by atoms with Gasteiger partial charge in [-0.25, -0.2) is 4.99 Å². The van der Waals surface area contributed by atoms with E-state index < -0.39 is 0 Å². The van der Waals surface area contributed by atoms with Crippen LogP contribution in [0.25, 0.3) is 0 Å². The summed E-state index contributed by atoms with van der Waals surface area (Å²) in [5, 5.41) is 7.29. The van der Waals surface area contributed by atoms with Crippen molar-refractivity contribution in [2.24, 2.45) is 4.99 Å². The Bertz CT molecular complexity index is 628. The van der Waals surface area contributed by atoms with Crippen LogP contribution >= 0.6 is 0 Å². The van der Waals surface area contributed by atoms with Crippen molar-refractivity contribution >= 4 is 11.9 Å². The number of aromatic nitrogens is 1. The molecule has 1 N–H and O–H groups in total. The molecule has 2 heterocycles. The van der Waals surface area contributed by atoms with Gasteiger partial charge in [-0.1, -0.05) is 5.16 Å². The molecule has 1 aliphatic heterocycles. The number of hydrogen-bond donors (Lipinski definition) is 1. The van der Waals surface area contributed by atoms with Gasteiger partial charge in [-0.2, -0.15) is 0 Å². The molecule has 0 saturated carbocycles. The highest BCUT2D eigenvalue weighted by Gasteiger charge is 2.40. The van der Waals surface area contributed by atoms with Crippen LogP contribution in [0, 0.1) is 13.8 Å². The summed E-state index contributed by atoms with van der Waals surface area (Å²) in [6.07, 6.45) is 0. The van der Waals surface area contributed by atoms with Crippen molar-refractivity contribution < 1.29 is 9.32 Å². The minimum absolute atomic E-state index is 0.134. The van der Waals surface area contributed by atoms with E-state index in [0.717, 1.165) is 36.1 Å². The van der Waals surface area contributed by atoms with E-state index in [0.29, 0.717) is 13.1 Å². The van der Waals surface area contributed by atoms with Crippen LogP contribution in [0.5, 0.6) is 0 Å². The minimum Gasteiger partial charge on any atom is -0.361 e. The summed E-state index contributed by atoms with van der Waals surface area (Å²) in [6.45, 7) is 16.5. The number of nitrogens with zero attached hydrogens (tertiary/aromatic N) is 4. The van der Waals surface area contributed by atoms with Crippen LogP contribution in [-0.4, -0.2) is 58.0 Å². The lowest BCUT2D eigenvalue weighted by Crippen LogP contribution is -2.66. The average Bonchev–Trinajstić information content (AvgIpc) is 2.80. The molecule has 25 heavy (non-hydrogen) atoms. The smallest absolute Gasteiger partial charge is 0.242 e. The van der Waals surface area contributed by atoms with E-state index in [1.807, 2.05) is 30.6 Å². The molecule has 1 amide bonds. The van der Waals surface area contributed by atoms with E-state index in [1.165, 1.54) is 0 Å². The Morgan fingerprint density at radius 1 is 1.40 bits per heavy atom. The molecular formula is C18H31N5O2. The van der Waals surface area contributed by atoms with Gasteiger partial charge in [-0.15, -0.1) is 0 Å². The molecule has 1 aromatic heterocycles. The Hall–Kier alpha value is -2.05. The zero-order chi connectivity index (χ0) is 18.8. The molecule has 0 aromatic carbocycles. The quantitative estimate of drug-likeness (QED) is 0.665. The number of guanidine groups is 1. The Morgan fingerprint density at radius 3 is 2.56 bits per heavy atom. The standard InChI is InChI=1S/C18H31N5O2/c1-8-19-17(20-9-15-13(4)21-25-14(15)5)22-10-16(24)23(12(2)3)18(6,7)11-22/h12H,8-11H2,1-7H3,(H,19,20). The molecule has 0 atom stereocenters. The molecule has 1 aromatic rings. The predicted molar refractivity (Wildman–Crippen MR) is 98.4 cm³/mol. The summed E-state index contributed by atoms with van der Waals surface area (Å²) in [4.78, 5) is 21.4. The number of rotatable bonds is 4. The van der Waals surface area contributed by atoms with Crippen LogP contribution < -0.4 is 5.32 Å². The fourth-order valence-electron chi connectivity index (χ4n) is 3.62. The Labute approximate surface area is 150 Å². The lowest BCUT2D eigenvalue weighted by molar-refractivity contribution is -0.145. The zero-order valence-electron chi connectivity index (χ0n) is 16.5. The molecule has 140 valence electrons. The van der Waals surface area contributed by atoms with Gasteiger partial charge < -0.3 is 19.6 Å². The molecule has 1 fully saturated rings. The lowest BCUT2D eigenvalue weighted by Gasteiger charge is -2.49. The SMILES string of the molecule is CCNC(=NCc1c(C)noc1C)N1CC(=O)N(C(C)C)C(C)(C)C1. The van der Waals surface area contributed by atoms with E-state index in [-0.39, 0.29) is 17.5 Å². The van der Waals surface area contributed by atoms with Gasteiger partial charge >= 0.3 is 0 Å². The molecular weight excluding hydrogens is 318 g/mol. The third kappa shape index (κ3) is 4.14. The van der Waals surface area contributed by atoms with Crippen molar-refractivity contribution in [3.63, 3.8) is 0 Å². The number of hydrogen-bond acceptors (Lipinski definition) is 4. The Kier molecular flexibility index (Phi) is 5.75. The Balaban J connectivity index is 2.23. The van der Waals surface area contributed by atoms with Crippen LogP contribution in [-0.2, 0) is 11.3 Å². The second-order valence-corrected chi connectivity index (χ2v) is 7.50. The van der Waals surface area contributed by atoms with Crippen molar-refractivity contribution in [1.29, 1.82) is 0 Å². The van der Waals surface area contributed by atoms with Crippen molar-refractivity contribution in [3.05, 3.63) is 17.0 Å². The average molecular weight is 349 g/mol. The fourth-order valence-corrected chi connectivity index (χ4v) is 3.62. The molecule has 0 radical (unpaired) electrons. The number of aryl methyl sites for hydroxylation is 2. The van der Waals surface area contributed by atoms with Gasteiger partial charge in [0, 0.05) is 24.7 Å². The first-order chi connectivity index (χ1) is 11.7. The van der Waals surface area contributed by atoms with E-state index in [9.17, 15) is 4.79 Å². The number of carbonyl (C=O) groups excluding carboxylic acids is 1. The summed E-state index contributed by atoms with van der Waals surface area (Å²) >= 11 is 0. The third-order valence-electron chi connectivity index (χ3n) is 4.54. The summed E-state index contributed by atoms with van der Waals surface area (Å²) in [6, 6.07) is 0.187. The number of amides is 1. The topological polar surface area (TPSA) is 74.0 Å². The van der Waals surface area contributed by atoms with Gasteiger partial charge in [0.2, 0.25) is 5.91 Å². The number of piperazine rings is 1. The van der Waals surface area contributed by atoms with Crippen LogP contribution in [0.3, 0.4) is 0 Å². The number of carbonyl (C=O) groups is 1. The first-order valence-corrected chi connectivity index (χ1v) is 8.94. The molecule has 7 nitrogen and oxygen atoms in total. The highest BCUT2D eigenvalue weighted by molar-refractivity contribution is 5.88. The van der Waals surface area contributed by atoms with Crippen molar-refractivity contribution in [2.75, 3.05) is 19.6 Å². The molecule has 1 saturated heterocycles. The number of aliphatic imine (C=N–C) groups is 1. The highest BCUT2D eigenvalue weighted by Crippen LogP contribution is 2.24. The van der Waals surface area contributed by atoms with E-state index in [4.69, 9.17) is 9.52 Å². The van der Waals surface area contributed by atoms with E-state index in [2.05, 4.69) is 38.2 Å². The first-order valence-electron chi connectivity index (χ1n) is 8.94. The van der Waals surface area contributed by atoms with Gasteiger partial charge in [0.05, 0.1) is 24.3 Å². The second kappa shape index (κ2) is 7.45. The van der Waals surface area contributed by atoms with Crippen molar-refractivity contribution in [2.45, 2.75) is 66.6 Å². The van der Waals surface area contributed by atoms with E-state index >= 15 is 0 Å². The van der Waals surface area contributed by atoms with Crippen LogP contribution in [0.15, 0.2) is 9.52 Å². The first kappa shape index (κ1) is 19.3. The molecule has 0 bridgehead atoms. The van der Waals surface area contributed by atoms with Crippen molar-refractivity contribution in [1.82, 2.24) is 20.3 Å². The highest BCUT2D eigenvalue weighted by atomic mass is 16.5. The second-order valence-electron chi connectivity index (χ2n) is 7.50. The maximum absolute atomic E-state index is 12.7. The third-order valence-corrected chi connectivity index (χ3v) is 4.54. The van der Waals surface area contributed by atoms with Crippen molar-refractivity contribution in [3.8, 4) is 0 Å². The fraction of sp³-hybridized carbons (Fsp3) is 0.722. The summed E-state index contributed by atoms with van der Waals surface area (Å²) < 4.78 is 5.21. The summed E-state index contributed by atoms with van der Waals surface area (Å²) in [5.74, 6) is 1.68. The van der Waals surface area contributed by atoms with E-state index in [1.54, 1.807) is 0 Å². The Morgan fingerprint density at radius 2 is 2.08 bits per heavy atom.